The summed E-state index contributed by atoms with van der Waals surface area (Å²) in [5, 5.41) is 0.726. The van der Waals surface area contributed by atoms with Gasteiger partial charge in [-0.2, -0.15) is 0 Å². The minimum atomic E-state index is 0.595. The van der Waals surface area contributed by atoms with Crippen LogP contribution >= 0.6 is 11.8 Å². The Kier molecular flexibility index (Phi) is 3.99. The number of thioether (sulfide) groups is 1. The largest absolute Gasteiger partial charge is 0.356 e. The van der Waals surface area contributed by atoms with E-state index in [9.17, 15) is 4.79 Å². The van der Waals surface area contributed by atoms with Crippen LogP contribution in [-0.2, 0) is 0 Å². The van der Waals surface area contributed by atoms with Gasteiger partial charge in [0, 0.05) is 19.3 Å². The molecule has 1 fully saturated rings. The van der Waals surface area contributed by atoms with E-state index in [1.807, 2.05) is 6.26 Å². The van der Waals surface area contributed by atoms with Gasteiger partial charge in [0.1, 0.15) is 5.82 Å². The molecule has 1 aromatic rings. The maximum Gasteiger partial charge on any atom is 0.189 e. The summed E-state index contributed by atoms with van der Waals surface area (Å²) in [7, 11) is 0. The Hall–Kier alpha value is -1.10. The standard InChI is InChI=1S/C12H17N3OS/c1-9-3-5-15(6-4-9)11-10(8-16)7-13-12(14-11)17-2/h7-9H,3-6H2,1-2H3. The van der Waals surface area contributed by atoms with Crippen LogP contribution in [0.5, 0.6) is 0 Å². The average Bonchev–Trinajstić information content (AvgIpc) is 2.39. The molecule has 0 radical (unpaired) electrons. The van der Waals surface area contributed by atoms with Crippen LogP contribution in [0.25, 0.3) is 0 Å². The SMILES string of the molecule is CSc1ncc(C=O)c(N2CCC(C)CC2)n1. The molecule has 2 heterocycles. The van der Waals surface area contributed by atoms with E-state index < -0.39 is 0 Å². The molecule has 17 heavy (non-hydrogen) atoms. The van der Waals surface area contributed by atoms with Crippen molar-refractivity contribution in [1.29, 1.82) is 0 Å². The molecule has 1 aliphatic heterocycles. The van der Waals surface area contributed by atoms with E-state index in [1.54, 1.807) is 6.20 Å². The van der Waals surface area contributed by atoms with Crippen LogP contribution in [0.4, 0.5) is 5.82 Å². The summed E-state index contributed by atoms with van der Waals surface area (Å²) in [6.07, 6.45) is 6.74. The molecule has 1 aliphatic rings. The molecule has 0 amide bonds. The van der Waals surface area contributed by atoms with Crippen LogP contribution in [0.2, 0.25) is 0 Å². The van der Waals surface area contributed by atoms with Gasteiger partial charge in [-0.15, -0.1) is 0 Å². The number of carbonyl (C=O) groups is 1. The minimum absolute atomic E-state index is 0.595. The van der Waals surface area contributed by atoms with Crippen molar-refractivity contribution < 1.29 is 4.79 Å². The van der Waals surface area contributed by atoms with Gasteiger partial charge in [-0.3, -0.25) is 4.79 Å². The molecule has 0 N–H and O–H groups in total. The molecule has 4 nitrogen and oxygen atoms in total. The van der Waals surface area contributed by atoms with Crippen molar-refractivity contribution in [3.63, 3.8) is 0 Å². The van der Waals surface area contributed by atoms with E-state index in [0.29, 0.717) is 5.56 Å². The lowest BCUT2D eigenvalue weighted by Gasteiger charge is -2.31. The van der Waals surface area contributed by atoms with Crippen molar-refractivity contribution >= 4 is 23.9 Å². The zero-order chi connectivity index (χ0) is 12.3. The van der Waals surface area contributed by atoms with Gasteiger partial charge in [0.25, 0.3) is 0 Å². The van der Waals surface area contributed by atoms with E-state index in [2.05, 4.69) is 21.8 Å². The number of hydrogen-bond donors (Lipinski definition) is 0. The lowest BCUT2D eigenvalue weighted by atomic mass is 9.99. The van der Waals surface area contributed by atoms with E-state index >= 15 is 0 Å². The number of hydrogen-bond acceptors (Lipinski definition) is 5. The van der Waals surface area contributed by atoms with Crippen molar-refractivity contribution in [3.05, 3.63) is 11.8 Å². The predicted molar refractivity (Wildman–Crippen MR) is 69.8 cm³/mol. The second kappa shape index (κ2) is 5.49. The maximum atomic E-state index is 11.0. The van der Waals surface area contributed by atoms with Gasteiger partial charge in [0.15, 0.2) is 11.4 Å². The number of rotatable bonds is 3. The van der Waals surface area contributed by atoms with Crippen LogP contribution in [0, 0.1) is 5.92 Å². The fraction of sp³-hybridized carbons (Fsp3) is 0.583. The fourth-order valence-electron chi connectivity index (χ4n) is 2.02. The average molecular weight is 251 g/mol. The molecular weight excluding hydrogens is 234 g/mol. The van der Waals surface area contributed by atoms with Crippen molar-refractivity contribution in [1.82, 2.24) is 9.97 Å². The molecule has 5 heteroatoms. The third-order valence-electron chi connectivity index (χ3n) is 3.17. The van der Waals surface area contributed by atoms with Gasteiger partial charge >= 0.3 is 0 Å². The van der Waals surface area contributed by atoms with Gasteiger partial charge in [0.05, 0.1) is 5.56 Å². The van der Waals surface area contributed by atoms with E-state index in [1.165, 1.54) is 11.8 Å². The van der Waals surface area contributed by atoms with Crippen LogP contribution in [-0.4, -0.2) is 35.6 Å². The van der Waals surface area contributed by atoms with Gasteiger partial charge in [-0.25, -0.2) is 9.97 Å². The summed E-state index contributed by atoms with van der Waals surface area (Å²) in [4.78, 5) is 21.8. The topological polar surface area (TPSA) is 46.1 Å². The molecule has 1 aromatic heterocycles. The van der Waals surface area contributed by atoms with E-state index in [-0.39, 0.29) is 0 Å². The molecule has 0 bridgehead atoms. The molecule has 92 valence electrons. The highest BCUT2D eigenvalue weighted by Crippen LogP contribution is 2.24. The lowest BCUT2D eigenvalue weighted by Crippen LogP contribution is -2.34. The normalized spacial score (nSPS) is 17.2. The number of carbonyl (C=O) groups excluding carboxylic acids is 1. The molecule has 2 rings (SSSR count). The number of aromatic nitrogens is 2. The zero-order valence-electron chi connectivity index (χ0n) is 10.2. The summed E-state index contributed by atoms with van der Waals surface area (Å²) in [6.45, 7) is 4.23. The lowest BCUT2D eigenvalue weighted by molar-refractivity contribution is 0.112. The number of anilines is 1. The van der Waals surface area contributed by atoms with Crippen molar-refractivity contribution in [2.45, 2.75) is 24.9 Å². The van der Waals surface area contributed by atoms with Crippen LogP contribution in [0.1, 0.15) is 30.1 Å². The maximum absolute atomic E-state index is 11.0. The van der Waals surface area contributed by atoms with Crippen LogP contribution < -0.4 is 4.90 Å². The van der Waals surface area contributed by atoms with Gasteiger partial charge in [0.2, 0.25) is 0 Å². The van der Waals surface area contributed by atoms with Crippen LogP contribution in [0.15, 0.2) is 11.4 Å². The number of nitrogens with zero attached hydrogens (tertiary/aromatic N) is 3. The Morgan fingerprint density at radius 2 is 2.18 bits per heavy atom. The second-order valence-electron chi connectivity index (χ2n) is 4.42. The first-order chi connectivity index (χ1) is 8.24. The predicted octanol–water partition coefficient (Wildman–Crippen LogP) is 2.25. The zero-order valence-corrected chi connectivity index (χ0v) is 11.0. The summed E-state index contributed by atoms with van der Waals surface area (Å²) < 4.78 is 0. The first-order valence-corrected chi connectivity index (χ1v) is 7.08. The Morgan fingerprint density at radius 1 is 1.47 bits per heavy atom. The molecule has 0 unspecified atom stereocenters. The highest BCUT2D eigenvalue weighted by molar-refractivity contribution is 7.98. The smallest absolute Gasteiger partial charge is 0.189 e. The van der Waals surface area contributed by atoms with E-state index in [0.717, 1.165) is 49.1 Å². The number of aldehydes is 1. The molecule has 0 saturated carbocycles. The van der Waals surface area contributed by atoms with Gasteiger partial charge < -0.3 is 4.90 Å². The Balaban J connectivity index is 2.26. The van der Waals surface area contributed by atoms with Crippen LogP contribution in [0.3, 0.4) is 0 Å². The first kappa shape index (κ1) is 12.4. The molecule has 0 aliphatic carbocycles. The summed E-state index contributed by atoms with van der Waals surface area (Å²) in [5.74, 6) is 1.57. The molecule has 0 atom stereocenters. The summed E-state index contributed by atoms with van der Waals surface area (Å²) in [5.41, 5.74) is 0.595. The fourth-order valence-corrected chi connectivity index (χ4v) is 2.36. The molecule has 0 spiro atoms. The quantitative estimate of drug-likeness (QED) is 0.468. The van der Waals surface area contributed by atoms with Crippen molar-refractivity contribution in [3.8, 4) is 0 Å². The third-order valence-corrected chi connectivity index (χ3v) is 3.73. The highest BCUT2D eigenvalue weighted by atomic mass is 32.2. The molecular formula is C12H17N3OS. The molecule has 0 aromatic carbocycles. The van der Waals surface area contributed by atoms with Crippen molar-refractivity contribution in [2.75, 3.05) is 24.2 Å². The highest BCUT2D eigenvalue weighted by Gasteiger charge is 2.20. The van der Waals surface area contributed by atoms with Gasteiger partial charge in [-0.05, 0) is 25.0 Å². The van der Waals surface area contributed by atoms with E-state index in [4.69, 9.17) is 0 Å². The van der Waals surface area contributed by atoms with Gasteiger partial charge in [-0.1, -0.05) is 18.7 Å². The second-order valence-corrected chi connectivity index (χ2v) is 5.20. The number of piperidine rings is 1. The first-order valence-electron chi connectivity index (χ1n) is 5.85. The minimum Gasteiger partial charge on any atom is -0.356 e. The third kappa shape index (κ3) is 2.77. The monoisotopic (exact) mass is 251 g/mol. The Morgan fingerprint density at radius 3 is 2.76 bits per heavy atom. The Bertz CT molecular complexity index is 403. The Labute approximate surface area is 106 Å². The summed E-state index contributed by atoms with van der Waals surface area (Å²) in [6, 6.07) is 0. The molecule has 1 saturated heterocycles. The summed E-state index contributed by atoms with van der Waals surface area (Å²) >= 11 is 1.50. The van der Waals surface area contributed by atoms with Crippen molar-refractivity contribution in [2.24, 2.45) is 5.92 Å².